The maximum absolute atomic E-state index is 12.5. The van der Waals surface area contributed by atoms with Crippen molar-refractivity contribution in [3.8, 4) is 11.5 Å². The summed E-state index contributed by atoms with van der Waals surface area (Å²) in [6, 6.07) is 5.78. The molecule has 2 aromatic heterocycles. The van der Waals surface area contributed by atoms with Crippen LogP contribution in [-0.2, 0) is 9.59 Å². The van der Waals surface area contributed by atoms with Gasteiger partial charge < -0.3 is 4.90 Å². The zero-order valence-corrected chi connectivity index (χ0v) is 13.8. The zero-order chi connectivity index (χ0) is 17.2. The molecule has 2 N–H and O–H groups in total. The van der Waals surface area contributed by atoms with Crippen LogP contribution in [0, 0.1) is 5.92 Å². The Kier molecular flexibility index (Phi) is 4.17. The van der Waals surface area contributed by atoms with E-state index in [4.69, 9.17) is 0 Å². The van der Waals surface area contributed by atoms with Gasteiger partial charge in [0.1, 0.15) is 5.69 Å². The van der Waals surface area contributed by atoms with Crippen molar-refractivity contribution in [3.05, 3.63) is 24.4 Å². The van der Waals surface area contributed by atoms with Crippen LogP contribution in [0.3, 0.4) is 0 Å². The highest BCUT2D eigenvalue weighted by atomic mass is 16.2. The van der Waals surface area contributed by atoms with Crippen LogP contribution >= 0.6 is 0 Å². The van der Waals surface area contributed by atoms with E-state index in [0.717, 1.165) is 12.8 Å². The molecule has 3 heterocycles. The van der Waals surface area contributed by atoms with E-state index in [9.17, 15) is 9.59 Å². The average Bonchev–Trinajstić information content (AvgIpc) is 3.35. The number of nitrogens with zero attached hydrogens (tertiary/aromatic N) is 4. The van der Waals surface area contributed by atoms with Crippen LogP contribution in [0.25, 0.3) is 11.5 Å². The highest BCUT2D eigenvalue weighted by molar-refractivity contribution is 5.96. The summed E-state index contributed by atoms with van der Waals surface area (Å²) in [7, 11) is 0. The molecule has 1 aliphatic carbocycles. The fourth-order valence-corrected chi connectivity index (χ4v) is 3.62. The maximum atomic E-state index is 12.5. The Balaban J connectivity index is 1.39. The third-order valence-corrected chi connectivity index (χ3v) is 4.92. The minimum absolute atomic E-state index is 0.0798. The molecule has 0 bridgehead atoms. The second kappa shape index (κ2) is 6.62. The molecule has 1 unspecified atom stereocenters. The van der Waals surface area contributed by atoms with Gasteiger partial charge in [0.05, 0.1) is 5.92 Å². The van der Waals surface area contributed by atoms with Gasteiger partial charge in [-0.1, -0.05) is 18.9 Å². The predicted molar refractivity (Wildman–Crippen MR) is 90.3 cm³/mol. The molecular weight excluding hydrogens is 320 g/mol. The lowest BCUT2D eigenvalue weighted by Gasteiger charge is -2.23. The number of anilines is 1. The van der Waals surface area contributed by atoms with Crippen LogP contribution < -0.4 is 5.32 Å². The minimum Gasteiger partial charge on any atom is -0.339 e. The quantitative estimate of drug-likeness (QED) is 0.880. The number of H-pyrrole nitrogens is 1. The third kappa shape index (κ3) is 3.24. The normalized spacial score (nSPS) is 21.0. The van der Waals surface area contributed by atoms with E-state index < -0.39 is 0 Å². The summed E-state index contributed by atoms with van der Waals surface area (Å²) in [5.41, 5.74) is 0.652. The third-order valence-electron chi connectivity index (χ3n) is 4.92. The molecule has 0 radical (unpaired) electrons. The van der Waals surface area contributed by atoms with Gasteiger partial charge in [0, 0.05) is 25.2 Å². The van der Waals surface area contributed by atoms with Crippen LogP contribution in [0.15, 0.2) is 24.4 Å². The van der Waals surface area contributed by atoms with Crippen molar-refractivity contribution in [1.82, 2.24) is 25.1 Å². The molecule has 1 atom stereocenters. The predicted octanol–water partition coefficient (Wildman–Crippen LogP) is 1.60. The molecular formula is C17H20N6O2. The molecule has 1 saturated heterocycles. The van der Waals surface area contributed by atoms with Crippen molar-refractivity contribution in [1.29, 1.82) is 0 Å². The molecule has 2 amide bonds. The van der Waals surface area contributed by atoms with E-state index in [1.165, 1.54) is 12.8 Å². The van der Waals surface area contributed by atoms with E-state index in [1.54, 1.807) is 12.3 Å². The Morgan fingerprint density at radius 2 is 2.12 bits per heavy atom. The minimum atomic E-state index is -0.343. The number of pyridine rings is 1. The number of likely N-dealkylation sites (tertiary alicyclic amines) is 1. The van der Waals surface area contributed by atoms with Crippen LogP contribution in [0.1, 0.15) is 32.1 Å². The average molecular weight is 340 g/mol. The number of hydrogen-bond acceptors (Lipinski definition) is 5. The SMILES string of the molecule is O=C(Nc1n[nH]c(-c2ccccn2)n1)C1CC(=O)N(C2CCCC2)C1. The first-order valence-electron chi connectivity index (χ1n) is 8.65. The Hall–Kier alpha value is -2.77. The largest absolute Gasteiger partial charge is 0.339 e. The van der Waals surface area contributed by atoms with Gasteiger partial charge in [-0.3, -0.25) is 25.0 Å². The van der Waals surface area contributed by atoms with Crippen molar-refractivity contribution in [2.75, 3.05) is 11.9 Å². The van der Waals surface area contributed by atoms with Gasteiger partial charge in [0.2, 0.25) is 17.8 Å². The number of carbonyl (C=O) groups is 2. The maximum Gasteiger partial charge on any atom is 0.249 e. The molecule has 25 heavy (non-hydrogen) atoms. The number of rotatable bonds is 4. The molecule has 2 aromatic rings. The lowest BCUT2D eigenvalue weighted by Crippen LogP contribution is -2.35. The summed E-state index contributed by atoms with van der Waals surface area (Å²) >= 11 is 0. The highest BCUT2D eigenvalue weighted by Crippen LogP contribution is 2.29. The lowest BCUT2D eigenvalue weighted by atomic mass is 10.1. The van der Waals surface area contributed by atoms with Gasteiger partial charge >= 0.3 is 0 Å². The standard InChI is InChI=1S/C17H20N6O2/c24-14-9-11(10-23(14)12-5-1-2-6-12)16(25)20-17-19-15(21-22-17)13-7-3-4-8-18-13/h3-4,7-8,11-12H,1-2,5-6,9-10H2,(H2,19,20,21,22,25). The van der Waals surface area contributed by atoms with Gasteiger partial charge in [-0.2, -0.15) is 4.98 Å². The summed E-state index contributed by atoms with van der Waals surface area (Å²) in [6.07, 6.45) is 6.36. The van der Waals surface area contributed by atoms with Crippen molar-refractivity contribution in [2.24, 2.45) is 5.92 Å². The first kappa shape index (κ1) is 15.7. The summed E-state index contributed by atoms with van der Waals surface area (Å²) < 4.78 is 0. The summed E-state index contributed by atoms with van der Waals surface area (Å²) in [4.78, 5) is 35.0. The molecule has 8 nitrogen and oxygen atoms in total. The summed E-state index contributed by atoms with van der Waals surface area (Å²) in [6.45, 7) is 0.493. The molecule has 0 aromatic carbocycles. The van der Waals surface area contributed by atoms with E-state index in [1.807, 2.05) is 17.0 Å². The molecule has 8 heteroatoms. The molecule has 2 fully saturated rings. The monoisotopic (exact) mass is 340 g/mol. The van der Waals surface area contributed by atoms with Crippen molar-refractivity contribution in [2.45, 2.75) is 38.1 Å². The van der Waals surface area contributed by atoms with E-state index in [0.29, 0.717) is 24.1 Å². The topological polar surface area (TPSA) is 104 Å². The van der Waals surface area contributed by atoms with Crippen LogP contribution in [-0.4, -0.2) is 49.5 Å². The molecule has 1 saturated carbocycles. The Morgan fingerprint density at radius 3 is 2.88 bits per heavy atom. The zero-order valence-electron chi connectivity index (χ0n) is 13.8. The first-order chi connectivity index (χ1) is 12.2. The van der Waals surface area contributed by atoms with Crippen LogP contribution in [0.5, 0.6) is 0 Å². The van der Waals surface area contributed by atoms with Crippen molar-refractivity contribution in [3.63, 3.8) is 0 Å². The number of amides is 2. The molecule has 130 valence electrons. The Morgan fingerprint density at radius 1 is 1.28 bits per heavy atom. The second-order valence-corrected chi connectivity index (χ2v) is 6.60. The Labute approximate surface area is 145 Å². The Bertz CT molecular complexity index is 768. The molecule has 0 spiro atoms. The molecule has 2 aliphatic rings. The van der Waals surface area contributed by atoms with Gasteiger partial charge in [0.15, 0.2) is 5.82 Å². The van der Waals surface area contributed by atoms with Gasteiger partial charge in [-0.25, -0.2) is 0 Å². The number of carbonyl (C=O) groups excluding carboxylic acids is 2. The smallest absolute Gasteiger partial charge is 0.249 e. The summed E-state index contributed by atoms with van der Waals surface area (Å²) in [5.74, 6) is 0.227. The van der Waals surface area contributed by atoms with Gasteiger partial charge in [-0.05, 0) is 25.0 Å². The second-order valence-electron chi connectivity index (χ2n) is 6.60. The number of hydrogen-bond donors (Lipinski definition) is 2. The van der Waals surface area contributed by atoms with E-state index in [2.05, 4.69) is 25.5 Å². The van der Waals surface area contributed by atoms with Crippen molar-refractivity contribution >= 4 is 17.8 Å². The summed E-state index contributed by atoms with van der Waals surface area (Å²) in [5, 5.41) is 9.48. The van der Waals surface area contributed by atoms with Gasteiger partial charge in [0.25, 0.3) is 0 Å². The van der Waals surface area contributed by atoms with E-state index in [-0.39, 0.29) is 30.1 Å². The molecule has 4 rings (SSSR count). The number of nitrogens with one attached hydrogen (secondary N) is 2. The highest BCUT2D eigenvalue weighted by Gasteiger charge is 2.38. The van der Waals surface area contributed by atoms with Gasteiger partial charge in [-0.15, -0.1) is 5.10 Å². The van der Waals surface area contributed by atoms with E-state index >= 15 is 0 Å². The number of aromatic amines is 1. The fourth-order valence-electron chi connectivity index (χ4n) is 3.62. The van der Waals surface area contributed by atoms with Crippen LogP contribution in [0.4, 0.5) is 5.95 Å². The van der Waals surface area contributed by atoms with Crippen molar-refractivity contribution < 1.29 is 9.59 Å². The van der Waals surface area contributed by atoms with Crippen LogP contribution in [0.2, 0.25) is 0 Å². The number of aromatic nitrogens is 4. The molecule has 1 aliphatic heterocycles. The first-order valence-corrected chi connectivity index (χ1v) is 8.65. The fraction of sp³-hybridized carbons (Fsp3) is 0.471. The lowest BCUT2D eigenvalue weighted by molar-refractivity contribution is -0.129.